The van der Waals surface area contributed by atoms with Crippen LogP contribution in [0, 0.1) is 0 Å². The van der Waals surface area contributed by atoms with E-state index in [1.807, 2.05) is 6.92 Å². The van der Waals surface area contributed by atoms with Crippen LogP contribution in [0.1, 0.15) is 18.7 Å². The fourth-order valence-electron chi connectivity index (χ4n) is 2.22. The maximum absolute atomic E-state index is 12.0. The molecule has 0 saturated carbocycles. The highest BCUT2D eigenvalue weighted by Gasteiger charge is 2.15. The van der Waals surface area contributed by atoms with Gasteiger partial charge in [0.2, 0.25) is 11.8 Å². The molecule has 0 spiro atoms. The lowest BCUT2D eigenvalue weighted by Gasteiger charge is -2.18. The summed E-state index contributed by atoms with van der Waals surface area (Å²) in [6, 6.07) is 8.15. The maximum atomic E-state index is 12.0. The predicted molar refractivity (Wildman–Crippen MR) is 97.9 cm³/mol. The highest BCUT2D eigenvalue weighted by Crippen LogP contribution is 2.24. The number of likely N-dealkylation sites (N-methyl/N-ethyl adjacent to an activating group) is 1. The number of carbonyl (C=O) groups excluding carboxylic acids is 2. The monoisotopic (exact) mass is 383 g/mol. The second kappa shape index (κ2) is 8.89. The summed E-state index contributed by atoms with van der Waals surface area (Å²) in [5.41, 5.74) is 0.545. The SMILES string of the molecule is CC(NC(=O)CN(C)CC(=O)Nc1ccc(Cl)c(Cl)c1)c1ccco1. The van der Waals surface area contributed by atoms with Crippen molar-refractivity contribution < 1.29 is 14.0 Å². The van der Waals surface area contributed by atoms with Gasteiger partial charge >= 0.3 is 0 Å². The summed E-state index contributed by atoms with van der Waals surface area (Å²) in [4.78, 5) is 25.7. The third kappa shape index (κ3) is 6.08. The van der Waals surface area contributed by atoms with E-state index in [0.717, 1.165) is 0 Å². The van der Waals surface area contributed by atoms with Crippen LogP contribution in [-0.4, -0.2) is 36.9 Å². The number of hydrogen-bond donors (Lipinski definition) is 2. The minimum absolute atomic E-state index is 0.0583. The van der Waals surface area contributed by atoms with Crippen LogP contribution >= 0.6 is 23.2 Å². The second-order valence-corrected chi connectivity index (χ2v) is 6.47. The first kappa shape index (κ1) is 19.3. The van der Waals surface area contributed by atoms with Gasteiger partial charge in [-0.1, -0.05) is 23.2 Å². The zero-order chi connectivity index (χ0) is 18.4. The van der Waals surface area contributed by atoms with Crippen molar-refractivity contribution in [2.45, 2.75) is 13.0 Å². The van der Waals surface area contributed by atoms with E-state index in [2.05, 4.69) is 10.6 Å². The lowest BCUT2D eigenvalue weighted by molar-refractivity contribution is -0.123. The molecule has 1 aromatic heterocycles. The summed E-state index contributed by atoms with van der Waals surface area (Å²) in [5, 5.41) is 6.29. The van der Waals surface area contributed by atoms with Gasteiger partial charge in [-0.3, -0.25) is 14.5 Å². The number of nitrogens with one attached hydrogen (secondary N) is 2. The van der Waals surface area contributed by atoms with Crippen LogP contribution in [0.4, 0.5) is 5.69 Å². The molecule has 2 amide bonds. The fourth-order valence-corrected chi connectivity index (χ4v) is 2.51. The number of rotatable bonds is 7. The molecule has 2 rings (SSSR count). The Morgan fingerprint density at radius 2 is 1.88 bits per heavy atom. The standard InChI is InChI=1S/C17H19Cl2N3O3/c1-11(15-4-3-7-25-15)20-16(23)9-22(2)10-17(24)21-12-5-6-13(18)14(19)8-12/h3-8,11H,9-10H2,1-2H3,(H,20,23)(H,21,24). The normalized spacial score (nSPS) is 12.0. The Bertz CT molecular complexity index is 735. The summed E-state index contributed by atoms with van der Waals surface area (Å²) in [6.07, 6.45) is 1.55. The fraction of sp³-hybridized carbons (Fsp3) is 0.294. The third-order valence-corrected chi connectivity index (χ3v) is 4.12. The molecule has 25 heavy (non-hydrogen) atoms. The average molecular weight is 384 g/mol. The van der Waals surface area contributed by atoms with Crippen LogP contribution in [0.5, 0.6) is 0 Å². The molecule has 134 valence electrons. The molecule has 1 unspecified atom stereocenters. The van der Waals surface area contributed by atoms with Gasteiger partial charge in [-0.15, -0.1) is 0 Å². The molecule has 0 fully saturated rings. The quantitative estimate of drug-likeness (QED) is 0.768. The van der Waals surface area contributed by atoms with Gasteiger partial charge in [-0.25, -0.2) is 0 Å². The number of carbonyl (C=O) groups is 2. The molecular weight excluding hydrogens is 365 g/mol. The Balaban J connectivity index is 1.78. The first-order valence-electron chi connectivity index (χ1n) is 7.61. The van der Waals surface area contributed by atoms with Crippen molar-refractivity contribution in [2.75, 3.05) is 25.5 Å². The topological polar surface area (TPSA) is 74.6 Å². The van der Waals surface area contributed by atoms with Crippen molar-refractivity contribution in [3.05, 3.63) is 52.4 Å². The van der Waals surface area contributed by atoms with Crippen LogP contribution in [0.25, 0.3) is 0 Å². The van der Waals surface area contributed by atoms with Gasteiger partial charge in [0, 0.05) is 5.69 Å². The van der Waals surface area contributed by atoms with Crippen LogP contribution in [0.15, 0.2) is 41.0 Å². The molecule has 0 bridgehead atoms. The number of nitrogens with zero attached hydrogens (tertiary/aromatic N) is 1. The molecule has 0 aliphatic heterocycles. The van der Waals surface area contributed by atoms with Gasteiger partial charge in [-0.05, 0) is 44.3 Å². The van der Waals surface area contributed by atoms with Gasteiger partial charge in [0.1, 0.15) is 5.76 Å². The minimum atomic E-state index is -0.257. The minimum Gasteiger partial charge on any atom is -0.467 e. The zero-order valence-electron chi connectivity index (χ0n) is 13.9. The Labute approximate surface area is 156 Å². The van der Waals surface area contributed by atoms with Gasteiger partial charge in [0.15, 0.2) is 0 Å². The summed E-state index contributed by atoms with van der Waals surface area (Å²) >= 11 is 11.7. The highest BCUT2D eigenvalue weighted by molar-refractivity contribution is 6.42. The number of amides is 2. The molecular formula is C17H19Cl2N3O3. The summed E-state index contributed by atoms with van der Waals surface area (Å²) in [6.45, 7) is 1.97. The van der Waals surface area contributed by atoms with Crippen molar-refractivity contribution in [1.29, 1.82) is 0 Å². The van der Waals surface area contributed by atoms with Crippen LogP contribution in [0.3, 0.4) is 0 Å². The summed E-state index contributed by atoms with van der Waals surface area (Å²) < 4.78 is 5.24. The van der Waals surface area contributed by atoms with E-state index in [1.54, 1.807) is 48.5 Å². The molecule has 0 aliphatic carbocycles. The van der Waals surface area contributed by atoms with Crippen LogP contribution in [-0.2, 0) is 9.59 Å². The first-order chi connectivity index (χ1) is 11.8. The highest BCUT2D eigenvalue weighted by atomic mass is 35.5. The molecule has 1 aromatic carbocycles. The van der Waals surface area contributed by atoms with E-state index in [0.29, 0.717) is 21.5 Å². The number of furan rings is 1. The van der Waals surface area contributed by atoms with Gasteiger partial charge < -0.3 is 15.1 Å². The Morgan fingerprint density at radius 1 is 1.16 bits per heavy atom. The molecule has 6 nitrogen and oxygen atoms in total. The van der Waals surface area contributed by atoms with E-state index < -0.39 is 0 Å². The number of hydrogen-bond acceptors (Lipinski definition) is 4. The molecule has 1 atom stereocenters. The van der Waals surface area contributed by atoms with E-state index >= 15 is 0 Å². The second-order valence-electron chi connectivity index (χ2n) is 5.65. The molecule has 0 radical (unpaired) electrons. The molecule has 2 aromatic rings. The van der Waals surface area contributed by atoms with E-state index in [-0.39, 0.29) is 30.9 Å². The van der Waals surface area contributed by atoms with Crippen molar-refractivity contribution in [3.63, 3.8) is 0 Å². The van der Waals surface area contributed by atoms with Crippen molar-refractivity contribution >= 4 is 40.7 Å². The van der Waals surface area contributed by atoms with Crippen molar-refractivity contribution in [1.82, 2.24) is 10.2 Å². The Morgan fingerprint density at radius 3 is 2.52 bits per heavy atom. The largest absolute Gasteiger partial charge is 0.467 e. The van der Waals surface area contributed by atoms with E-state index in [4.69, 9.17) is 27.6 Å². The lowest BCUT2D eigenvalue weighted by atomic mass is 10.2. The lowest BCUT2D eigenvalue weighted by Crippen LogP contribution is -2.39. The third-order valence-electron chi connectivity index (χ3n) is 3.38. The summed E-state index contributed by atoms with van der Waals surface area (Å²) in [7, 11) is 1.69. The number of halogens is 2. The molecule has 1 heterocycles. The van der Waals surface area contributed by atoms with Gasteiger partial charge in [0.25, 0.3) is 0 Å². The maximum Gasteiger partial charge on any atom is 0.238 e. The molecule has 8 heteroatoms. The Kier molecular flexibility index (Phi) is 6.87. The smallest absolute Gasteiger partial charge is 0.238 e. The van der Waals surface area contributed by atoms with Crippen LogP contribution in [0.2, 0.25) is 10.0 Å². The number of anilines is 1. The zero-order valence-corrected chi connectivity index (χ0v) is 15.4. The molecule has 0 aliphatic rings. The van der Waals surface area contributed by atoms with Gasteiger partial charge in [0.05, 0.1) is 35.4 Å². The first-order valence-corrected chi connectivity index (χ1v) is 8.37. The molecule has 0 saturated heterocycles. The summed E-state index contributed by atoms with van der Waals surface area (Å²) in [5.74, 6) is 0.217. The average Bonchev–Trinajstić information content (AvgIpc) is 3.04. The van der Waals surface area contributed by atoms with Gasteiger partial charge in [-0.2, -0.15) is 0 Å². The predicted octanol–water partition coefficient (Wildman–Crippen LogP) is 3.33. The molecule has 2 N–H and O–H groups in total. The van der Waals surface area contributed by atoms with E-state index in [9.17, 15) is 9.59 Å². The number of benzene rings is 1. The van der Waals surface area contributed by atoms with Crippen molar-refractivity contribution in [2.24, 2.45) is 0 Å². The Hall–Kier alpha value is -2.02. The van der Waals surface area contributed by atoms with E-state index in [1.165, 1.54) is 0 Å². The van der Waals surface area contributed by atoms with Crippen molar-refractivity contribution in [3.8, 4) is 0 Å². The van der Waals surface area contributed by atoms with Crippen LogP contribution < -0.4 is 10.6 Å².